The first-order valence-corrected chi connectivity index (χ1v) is 6.32. The average molecular weight is 224 g/mol. The predicted octanol–water partition coefficient (Wildman–Crippen LogP) is 3.85. The van der Waals surface area contributed by atoms with Crippen molar-refractivity contribution in [1.82, 2.24) is 0 Å². The molecule has 1 unspecified atom stereocenters. The van der Waals surface area contributed by atoms with Crippen LogP contribution < -0.4 is 0 Å². The fraction of sp³-hybridized carbons (Fsp3) is 0.500. The van der Waals surface area contributed by atoms with Gasteiger partial charge in [-0.25, -0.2) is 0 Å². The van der Waals surface area contributed by atoms with Crippen molar-refractivity contribution in [3.63, 3.8) is 0 Å². The van der Waals surface area contributed by atoms with Gasteiger partial charge in [-0.15, -0.1) is 11.8 Å². The van der Waals surface area contributed by atoms with Crippen LogP contribution in [-0.4, -0.2) is 4.08 Å². The van der Waals surface area contributed by atoms with E-state index in [4.69, 9.17) is 0 Å². The molecule has 0 amide bonds. The van der Waals surface area contributed by atoms with Crippen LogP contribution in [0.2, 0.25) is 0 Å². The Morgan fingerprint density at radius 1 is 1.50 bits per heavy atom. The van der Waals surface area contributed by atoms with Crippen LogP contribution in [0.5, 0.6) is 0 Å². The van der Waals surface area contributed by atoms with E-state index < -0.39 is 0 Å². The molecule has 1 aliphatic heterocycles. The summed E-state index contributed by atoms with van der Waals surface area (Å²) >= 11 is 6.55. The van der Waals surface area contributed by atoms with Gasteiger partial charge in [0.05, 0.1) is 4.08 Å². The topological polar surface area (TPSA) is 0 Å². The Kier molecular flexibility index (Phi) is 2.61. The zero-order valence-electron chi connectivity index (χ0n) is 8.92. The first-order chi connectivity index (χ1) is 6.52. The van der Waals surface area contributed by atoms with Gasteiger partial charge in [0.1, 0.15) is 0 Å². The van der Waals surface area contributed by atoms with Crippen LogP contribution in [0.3, 0.4) is 0 Å². The van der Waals surface area contributed by atoms with Crippen LogP contribution >= 0.6 is 24.4 Å². The summed E-state index contributed by atoms with van der Waals surface area (Å²) in [4.78, 5) is 1.43. The minimum absolute atomic E-state index is 0.0984. The molecule has 0 saturated carbocycles. The SMILES string of the molecule is CCc1cc2c(cc1C)SC(C)(S)C2. The third kappa shape index (κ3) is 1.82. The number of fused-ring (bicyclic) bond motifs is 1. The van der Waals surface area contributed by atoms with Gasteiger partial charge < -0.3 is 0 Å². The van der Waals surface area contributed by atoms with Crippen LogP contribution in [0.25, 0.3) is 0 Å². The third-order valence-corrected chi connectivity index (χ3v) is 4.36. The number of rotatable bonds is 1. The van der Waals surface area contributed by atoms with Crippen LogP contribution in [0.4, 0.5) is 0 Å². The van der Waals surface area contributed by atoms with E-state index in [2.05, 4.69) is 45.5 Å². The molecule has 0 spiro atoms. The van der Waals surface area contributed by atoms with Gasteiger partial charge in [0.15, 0.2) is 0 Å². The molecule has 0 radical (unpaired) electrons. The number of benzene rings is 1. The zero-order chi connectivity index (χ0) is 10.3. The quantitative estimate of drug-likeness (QED) is 0.707. The van der Waals surface area contributed by atoms with Crippen molar-refractivity contribution in [2.45, 2.75) is 42.6 Å². The van der Waals surface area contributed by atoms with E-state index in [1.807, 2.05) is 11.8 Å². The Hall–Kier alpha value is -0.0800. The van der Waals surface area contributed by atoms with Crippen molar-refractivity contribution in [3.05, 3.63) is 28.8 Å². The maximum atomic E-state index is 4.65. The van der Waals surface area contributed by atoms with E-state index in [1.165, 1.54) is 21.6 Å². The summed E-state index contributed by atoms with van der Waals surface area (Å²) in [5, 5.41) is 0. The van der Waals surface area contributed by atoms with Gasteiger partial charge in [0, 0.05) is 4.90 Å². The lowest BCUT2D eigenvalue weighted by Gasteiger charge is -2.12. The molecule has 0 aromatic heterocycles. The van der Waals surface area contributed by atoms with E-state index in [9.17, 15) is 0 Å². The van der Waals surface area contributed by atoms with Crippen LogP contribution in [0.15, 0.2) is 17.0 Å². The van der Waals surface area contributed by atoms with E-state index in [0.29, 0.717) is 0 Å². The van der Waals surface area contributed by atoms with Gasteiger partial charge >= 0.3 is 0 Å². The number of hydrogen-bond donors (Lipinski definition) is 1. The molecule has 0 nitrogen and oxygen atoms in total. The minimum atomic E-state index is 0.0984. The van der Waals surface area contributed by atoms with Crippen LogP contribution in [0.1, 0.15) is 30.5 Å². The Bertz CT molecular complexity index is 367. The van der Waals surface area contributed by atoms with Crippen molar-refractivity contribution in [2.24, 2.45) is 0 Å². The molecule has 0 bridgehead atoms. The van der Waals surface area contributed by atoms with E-state index in [-0.39, 0.29) is 4.08 Å². The number of thiol groups is 1. The molecule has 2 heteroatoms. The second kappa shape index (κ2) is 3.49. The van der Waals surface area contributed by atoms with Crippen molar-refractivity contribution < 1.29 is 0 Å². The number of aryl methyl sites for hydroxylation is 2. The maximum Gasteiger partial charge on any atom is 0.0641 e. The standard InChI is InChI=1S/C12H16S2/c1-4-9-6-10-7-12(3,13)14-11(10)5-8(9)2/h5-6,13H,4,7H2,1-3H3. The molecule has 1 aromatic carbocycles. The second-order valence-corrected chi connectivity index (χ2v) is 7.03. The predicted molar refractivity (Wildman–Crippen MR) is 67.5 cm³/mol. The molecule has 0 fully saturated rings. The summed E-state index contributed by atoms with van der Waals surface area (Å²) < 4.78 is 0.0984. The second-order valence-electron chi connectivity index (χ2n) is 4.19. The highest BCUT2D eigenvalue weighted by molar-refractivity contribution is 8.11. The van der Waals surface area contributed by atoms with Gasteiger partial charge in [0.25, 0.3) is 0 Å². The molecule has 76 valence electrons. The highest BCUT2D eigenvalue weighted by Crippen LogP contribution is 2.47. The molecule has 0 N–H and O–H groups in total. The monoisotopic (exact) mass is 224 g/mol. The number of hydrogen-bond acceptors (Lipinski definition) is 2. The van der Waals surface area contributed by atoms with Gasteiger partial charge in [-0.05, 0) is 49.4 Å². The smallest absolute Gasteiger partial charge is 0.0641 e. The maximum absolute atomic E-state index is 4.65. The Labute approximate surface area is 95.9 Å². The first kappa shape index (κ1) is 10.4. The largest absolute Gasteiger partial charge is 0.161 e. The summed E-state index contributed by atoms with van der Waals surface area (Å²) in [6.07, 6.45) is 2.22. The lowest BCUT2D eigenvalue weighted by molar-refractivity contribution is 0.899. The summed E-state index contributed by atoms with van der Waals surface area (Å²) in [5.41, 5.74) is 4.38. The molecule has 1 heterocycles. The first-order valence-electron chi connectivity index (χ1n) is 5.05. The number of thioether (sulfide) groups is 1. The molecule has 1 atom stereocenters. The van der Waals surface area contributed by atoms with E-state index in [1.54, 1.807) is 0 Å². The molecular formula is C12H16S2. The molecule has 0 saturated heterocycles. The van der Waals surface area contributed by atoms with Gasteiger partial charge in [-0.3, -0.25) is 0 Å². The third-order valence-electron chi connectivity index (χ3n) is 2.75. The molecule has 1 aromatic rings. The molecule has 0 aliphatic carbocycles. The minimum Gasteiger partial charge on any atom is -0.161 e. The zero-order valence-corrected chi connectivity index (χ0v) is 10.6. The summed E-state index contributed by atoms with van der Waals surface area (Å²) in [6, 6.07) is 4.68. The summed E-state index contributed by atoms with van der Waals surface area (Å²) in [5.74, 6) is 0. The van der Waals surface area contributed by atoms with Crippen molar-refractivity contribution in [2.75, 3.05) is 0 Å². The Morgan fingerprint density at radius 2 is 2.21 bits per heavy atom. The summed E-state index contributed by atoms with van der Waals surface area (Å²) in [6.45, 7) is 6.62. The van der Waals surface area contributed by atoms with Crippen molar-refractivity contribution in [3.8, 4) is 0 Å². The van der Waals surface area contributed by atoms with Gasteiger partial charge in [-0.1, -0.05) is 13.0 Å². The van der Waals surface area contributed by atoms with Crippen LogP contribution in [-0.2, 0) is 12.8 Å². The van der Waals surface area contributed by atoms with Gasteiger partial charge in [-0.2, -0.15) is 12.6 Å². The molecule has 14 heavy (non-hydrogen) atoms. The highest BCUT2D eigenvalue weighted by atomic mass is 32.2. The van der Waals surface area contributed by atoms with Gasteiger partial charge in [0.2, 0.25) is 0 Å². The molecule has 2 rings (SSSR count). The van der Waals surface area contributed by atoms with E-state index in [0.717, 1.165) is 12.8 Å². The lowest BCUT2D eigenvalue weighted by atomic mass is 10.0. The van der Waals surface area contributed by atoms with Crippen LogP contribution in [0, 0.1) is 6.92 Å². The van der Waals surface area contributed by atoms with E-state index >= 15 is 0 Å². The Morgan fingerprint density at radius 3 is 2.86 bits per heavy atom. The fourth-order valence-corrected chi connectivity index (χ4v) is 3.68. The summed E-state index contributed by atoms with van der Waals surface area (Å²) in [7, 11) is 0. The Balaban J connectivity index is 2.44. The fourth-order valence-electron chi connectivity index (χ4n) is 2.02. The highest BCUT2D eigenvalue weighted by Gasteiger charge is 2.30. The molecular weight excluding hydrogens is 208 g/mol. The normalized spacial score (nSPS) is 25.1. The average Bonchev–Trinajstić information content (AvgIpc) is 2.36. The molecule has 1 aliphatic rings. The van der Waals surface area contributed by atoms with Crippen molar-refractivity contribution in [1.29, 1.82) is 0 Å². The van der Waals surface area contributed by atoms with Crippen molar-refractivity contribution >= 4 is 24.4 Å². The lowest BCUT2D eigenvalue weighted by Crippen LogP contribution is -2.07.